The lowest BCUT2D eigenvalue weighted by molar-refractivity contribution is 0.102. The van der Waals surface area contributed by atoms with Gasteiger partial charge in [0.05, 0.1) is 11.1 Å². The van der Waals surface area contributed by atoms with Gasteiger partial charge in [-0.2, -0.15) is 5.26 Å². The molecule has 2 aromatic carbocycles. The number of hydrogen-bond donors (Lipinski definition) is 1. The van der Waals surface area contributed by atoms with Crippen molar-refractivity contribution in [2.75, 3.05) is 11.6 Å². The molecular formula is C23H18N4O4S. The highest BCUT2D eigenvalue weighted by Crippen LogP contribution is 2.27. The molecule has 0 saturated carbocycles. The van der Waals surface area contributed by atoms with E-state index in [-0.39, 0.29) is 11.1 Å². The molecule has 4 aromatic rings. The van der Waals surface area contributed by atoms with Crippen LogP contribution in [0, 0.1) is 11.3 Å². The average molecular weight is 446 g/mol. The van der Waals surface area contributed by atoms with E-state index < -0.39 is 20.8 Å². The number of rotatable bonds is 5. The van der Waals surface area contributed by atoms with E-state index in [1.54, 1.807) is 18.2 Å². The van der Waals surface area contributed by atoms with E-state index >= 15 is 0 Å². The summed E-state index contributed by atoms with van der Waals surface area (Å²) in [5.74, 6) is -0.246. The molecule has 0 aliphatic heterocycles. The Kier molecular flexibility index (Phi) is 5.47. The second-order valence-electron chi connectivity index (χ2n) is 7.17. The first-order valence-corrected chi connectivity index (χ1v) is 11.6. The number of aryl methyl sites for hydroxylation is 1. The molecule has 0 radical (unpaired) electrons. The highest BCUT2D eigenvalue weighted by atomic mass is 32.2. The highest BCUT2D eigenvalue weighted by Gasteiger charge is 2.22. The Bertz CT molecular complexity index is 1480. The summed E-state index contributed by atoms with van der Waals surface area (Å²) < 4.78 is 29.8. The molecule has 0 bridgehead atoms. The molecule has 8 nitrogen and oxygen atoms in total. The normalized spacial score (nSPS) is 11.3. The third-order valence-corrected chi connectivity index (χ3v) is 5.86. The van der Waals surface area contributed by atoms with E-state index in [2.05, 4.69) is 22.2 Å². The zero-order valence-electron chi connectivity index (χ0n) is 17.3. The van der Waals surface area contributed by atoms with Gasteiger partial charge in [0.2, 0.25) is 5.89 Å². The number of sulfone groups is 1. The maximum Gasteiger partial charge on any atom is 0.258 e. The van der Waals surface area contributed by atoms with Crippen LogP contribution in [0.1, 0.15) is 28.4 Å². The lowest BCUT2D eigenvalue weighted by Crippen LogP contribution is -2.17. The van der Waals surface area contributed by atoms with Crippen LogP contribution >= 0.6 is 0 Å². The molecule has 4 rings (SSSR count). The van der Waals surface area contributed by atoms with E-state index in [9.17, 15) is 13.2 Å². The molecular weight excluding hydrogens is 428 g/mol. The van der Waals surface area contributed by atoms with Crippen molar-refractivity contribution in [1.29, 1.82) is 5.26 Å². The third kappa shape index (κ3) is 4.22. The van der Waals surface area contributed by atoms with Crippen molar-refractivity contribution < 1.29 is 17.6 Å². The van der Waals surface area contributed by atoms with Gasteiger partial charge in [-0.05, 0) is 48.4 Å². The Balaban J connectivity index is 1.65. The molecule has 2 heterocycles. The number of benzene rings is 2. The third-order valence-electron chi connectivity index (χ3n) is 4.83. The van der Waals surface area contributed by atoms with Gasteiger partial charge in [0.1, 0.15) is 11.6 Å². The van der Waals surface area contributed by atoms with Gasteiger partial charge in [-0.1, -0.05) is 19.1 Å². The summed E-state index contributed by atoms with van der Waals surface area (Å²) in [6.07, 6.45) is 3.00. The summed E-state index contributed by atoms with van der Waals surface area (Å²) in [5.41, 5.74) is 3.38. The Morgan fingerprint density at radius 2 is 1.91 bits per heavy atom. The van der Waals surface area contributed by atoms with Gasteiger partial charge in [-0.3, -0.25) is 4.79 Å². The summed E-state index contributed by atoms with van der Waals surface area (Å²) in [5, 5.41) is 11.3. The second kappa shape index (κ2) is 8.24. The van der Waals surface area contributed by atoms with Crippen LogP contribution in [0.2, 0.25) is 0 Å². The molecule has 0 unspecified atom stereocenters. The lowest BCUT2D eigenvalue weighted by Gasteiger charge is -2.08. The van der Waals surface area contributed by atoms with Crippen molar-refractivity contribution in [1.82, 2.24) is 9.97 Å². The van der Waals surface area contributed by atoms with E-state index in [0.29, 0.717) is 22.7 Å². The summed E-state index contributed by atoms with van der Waals surface area (Å²) in [7, 11) is -3.77. The van der Waals surface area contributed by atoms with Crippen LogP contribution in [0.4, 0.5) is 5.69 Å². The number of amides is 1. The Morgan fingerprint density at radius 1 is 1.16 bits per heavy atom. The van der Waals surface area contributed by atoms with Gasteiger partial charge in [0, 0.05) is 23.7 Å². The fourth-order valence-corrected chi connectivity index (χ4v) is 3.98. The van der Waals surface area contributed by atoms with Crippen LogP contribution in [-0.4, -0.2) is 30.5 Å². The summed E-state index contributed by atoms with van der Waals surface area (Å²) in [6.45, 7) is 2.08. The highest BCUT2D eigenvalue weighted by molar-refractivity contribution is 7.90. The first-order valence-electron chi connectivity index (χ1n) is 9.70. The van der Waals surface area contributed by atoms with Crippen molar-refractivity contribution in [3.8, 4) is 17.5 Å². The number of hydrogen-bond acceptors (Lipinski definition) is 7. The van der Waals surface area contributed by atoms with Crippen LogP contribution < -0.4 is 5.32 Å². The number of aromatic nitrogens is 2. The van der Waals surface area contributed by atoms with E-state index in [4.69, 9.17) is 9.68 Å². The fourth-order valence-electron chi connectivity index (χ4n) is 3.18. The molecule has 0 atom stereocenters. The van der Waals surface area contributed by atoms with Crippen molar-refractivity contribution in [2.45, 2.75) is 18.4 Å². The van der Waals surface area contributed by atoms with E-state index in [1.165, 1.54) is 11.6 Å². The monoisotopic (exact) mass is 446 g/mol. The number of pyridine rings is 1. The van der Waals surface area contributed by atoms with Gasteiger partial charge < -0.3 is 9.73 Å². The number of oxazole rings is 1. The first kappa shape index (κ1) is 21.2. The molecule has 32 heavy (non-hydrogen) atoms. The largest absolute Gasteiger partial charge is 0.436 e. The van der Waals surface area contributed by atoms with E-state index in [1.807, 2.05) is 30.3 Å². The standard InChI is InChI=1S/C23H18N4O4S/c1-3-14-4-6-16(7-5-14)22-27-19-11-17(8-9-20(19)31-22)26-21(28)18-10-15(12-24)13-25-23(18)32(2,29)30/h4-11,13H,3H2,1-2H3,(H,26,28). The first-order chi connectivity index (χ1) is 15.3. The topological polar surface area (TPSA) is 126 Å². The predicted octanol–water partition coefficient (Wildman–Crippen LogP) is 3.98. The number of fused-ring (bicyclic) bond motifs is 1. The van der Waals surface area contributed by atoms with Gasteiger partial charge in [0.15, 0.2) is 20.4 Å². The minimum absolute atomic E-state index is 0.0771. The Labute approximate surface area is 184 Å². The fraction of sp³-hybridized carbons (Fsp3) is 0.130. The van der Waals surface area contributed by atoms with Crippen LogP contribution in [0.3, 0.4) is 0 Å². The molecule has 0 saturated heterocycles. The molecule has 0 fully saturated rings. The van der Waals surface area contributed by atoms with Crippen molar-refractivity contribution in [3.05, 3.63) is 71.4 Å². The summed E-state index contributed by atoms with van der Waals surface area (Å²) in [4.78, 5) is 21.1. The number of nitrogens with one attached hydrogen (secondary N) is 1. The predicted molar refractivity (Wildman–Crippen MR) is 119 cm³/mol. The number of nitrogens with zero attached hydrogens (tertiary/aromatic N) is 3. The SMILES string of the molecule is CCc1ccc(-c2nc3cc(NC(=O)c4cc(C#N)cnc4S(C)(=O)=O)ccc3o2)cc1. The van der Waals surface area contributed by atoms with Crippen LogP contribution in [0.25, 0.3) is 22.6 Å². The van der Waals surface area contributed by atoms with Gasteiger partial charge in [0.25, 0.3) is 5.91 Å². The van der Waals surface area contributed by atoms with Gasteiger partial charge in [-0.15, -0.1) is 0 Å². The molecule has 2 aromatic heterocycles. The minimum atomic E-state index is -3.77. The maximum atomic E-state index is 12.8. The lowest BCUT2D eigenvalue weighted by atomic mass is 10.1. The molecule has 1 N–H and O–H groups in total. The molecule has 0 aliphatic rings. The number of anilines is 1. The quantitative estimate of drug-likeness (QED) is 0.491. The molecule has 9 heteroatoms. The second-order valence-corrected chi connectivity index (χ2v) is 9.10. The summed E-state index contributed by atoms with van der Waals surface area (Å²) in [6, 6.07) is 15.9. The van der Waals surface area contributed by atoms with Crippen LogP contribution in [-0.2, 0) is 16.3 Å². The van der Waals surface area contributed by atoms with Gasteiger partial charge in [-0.25, -0.2) is 18.4 Å². The molecule has 1 amide bonds. The number of carbonyl (C=O) groups is 1. The maximum absolute atomic E-state index is 12.8. The van der Waals surface area contributed by atoms with Crippen molar-refractivity contribution >= 4 is 32.5 Å². The molecule has 0 aliphatic carbocycles. The van der Waals surface area contributed by atoms with Crippen LogP contribution in [0.15, 0.2) is 64.2 Å². The zero-order valence-corrected chi connectivity index (χ0v) is 18.1. The molecule has 0 spiro atoms. The number of nitriles is 1. The zero-order chi connectivity index (χ0) is 22.9. The minimum Gasteiger partial charge on any atom is -0.436 e. The summed E-state index contributed by atoms with van der Waals surface area (Å²) >= 11 is 0. The Hall–Kier alpha value is -4.03. The van der Waals surface area contributed by atoms with Crippen molar-refractivity contribution in [3.63, 3.8) is 0 Å². The van der Waals surface area contributed by atoms with Gasteiger partial charge >= 0.3 is 0 Å². The molecule has 160 valence electrons. The number of carbonyl (C=O) groups excluding carboxylic acids is 1. The van der Waals surface area contributed by atoms with Crippen LogP contribution in [0.5, 0.6) is 0 Å². The Morgan fingerprint density at radius 3 is 2.56 bits per heavy atom. The van der Waals surface area contributed by atoms with E-state index in [0.717, 1.165) is 24.4 Å². The smallest absolute Gasteiger partial charge is 0.258 e. The average Bonchev–Trinajstić information content (AvgIpc) is 3.21. The van der Waals surface area contributed by atoms with Crippen molar-refractivity contribution in [2.24, 2.45) is 0 Å².